The van der Waals surface area contributed by atoms with Gasteiger partial charge in [0.1, 0.15) is 0 Å². The van der Waals surface area contributed by atoms with Gasteiger partial charge in [-0.15, -0.1) is 0 Å². The van der Waals surface area contributed by atoms with Crippen molar-refractivity contribution in [2.45, 2.75) is 114 Å². The summed E-state index contributed by atoms with van der Waals surface area (Å²) in [5.41, 5.74) is 10.2. The zero-order valence-corrected chi connectivity index (χ0v) is 27.4. The van der Waals surface area contributed by atoms with Crippen LogP contribution in [0.1, 0.15) is 114 Å². The maximum absolute atomic E-state index is 3.27. The molecular formula is C40H56. The molecule has 0 radical (unpaired) electrons. The van der Waals surface area contributed by atoms with Crippen LogP contribution in [0.3, 0.4) is 0 Å². The molecule has 1 fully saturated rings. The van der Waals surface area contributed by atoms with Crippen molar-refractivity contribution in [3.05, 3.63) is 106 Å². The average molecular weight is 537 g/mol. The summed E-state index contributed by atoms with van der Waals surface area (Å²) >= 11 is 0. The van der Waals surface area contributed by atoms with Gasteiger partial charge in [0, 0.05) is 0 Å². The van der Waals surface area contributed by atoms with Crippen molar-refractivity contribution in [3.8, 4) is 11.8 Å². The van der Waals surface area contributed by atoms with Crippen LogP contribution in [0, 0.1) is 28.6 Å². The fourth-order valence-electron chi connectivity index (χ4n) is 6.03. The lowest BCUT2D eigenvalue weighted by molar-refractivity contribution is 0.288. The Balaban J connectivity index is 1.88. The monoisotopic (exact) mass is 536 g/mol. The lowest BCUT2D eigenvalue weighted by Gasteiger charge is -2.37. The summed E-state index contributed by atoms with van der Waals surface area (Å²) in [5, 5.41) is 0. The van der Waals surface area contributed by atoms with E-state index in [0.29, 0.717) is 11.3 Å². The normalized spacial score (nSPS) is 23.9. The molecule has 40 heavy (non-hydrogen) atoms. The molecule has 0 saturated heterocycles. The Bertz CT molecular complexity index is 1210. The van der Waals surface area contributed by atoms with E-state index in [-0.39, 0.29) is 5.41 Å². The molecule has 1 unspecified atom stereocenters. The Morgan fingerprint density at radius 3 is 2.20 bits per heavy atom. The number of rotatable bonds is 8. The molecule has 0 heterocycles. The van der Waals surface area contributed by atoms with Gasteiger partial charge in [-0.05, 0) is 107 Å². The second-order valence-corrected chi connectivity index (χ2v) is 13.5. The third-order valence-electron chi connectivity index (χ3n) is 8.57. The molecule has 0 amide bonds. The smallest absolute Gasteiger partial charge is 0.000725 e. The third kappa shape index (κ3) is 11.4. The summed E-state index contributed by atoms with van der Waals surface area (Å²) in [6.45, 7) is 22.8. The van der Waals surface area contributed by atoms with Crippen LogP contribution in [0.5, 0.6) is 0 Å². The summed E-state index contributed by atoms with van der Waals surface area (Å²) in [5.74, 6) is 7.22. The first-order chi connectivity index (χ1) is 18.8. The molecule has 0 bridgehead atoms. The molecule has 0 N–H and O–H groups in total. The maximum Gasteiger partial charge on any atom is -0.000725 e. The number of allylic oxidation sites excluding steroid dienone is 18. The van der Waals surface area contributed by atoms with Gasteiger partial charge in [-0.2, -0.15) is 0 Å². The molecule has 0 spiro atoms. The standard InChI is InChI=1S/C40H56/c1-31(19-13-21-33(3)25-27-37-35(5)23-15-29-39(37,7)8)17-11-12-18-32(2)20-14-22-34(4)26-28-38-36(6)24-16-30-40(38,9)10/h11-13,17-19,21-22,25,27-28,36H,15-16,23-24,26,29-30H2,1-10H3/b12-11+,19-13+,27-25?,31-17+,32-18+,33-21+,34-22+,38-28+. The number of hydrogen-bond acceptors (Lipinski definition) is 0. The molecule has 0 heteroatoms. The summed E-state index contributed by atoms with van der Waals surface area (Å²) in [7, 11) is 0. The van der Waals surface area contributed by atoms with Crippen molar-refractivity contribution in [2.24, 2.45) is 16.7 Å². The van der Waals surface area contributed by atoms with Gasteiger partial charge in [-0.3, -0.25) is 0 Å². The van der Waals surface area contributed by atoms with Crippen LogP contribution in [-0.2, 0) is 0 Å². The van der Waals surface area contributed by atoms with Crippen LogP contribution in [0.4, 0.5) is 0 Å². The Hall–Kier alpha value is -2.78. The van der Waals surface area contributed by atoms with Gasteiger partial charge in [0.25, 0.3) is 0 Å². The molecule has 1 atom stereocenters. The van der Waals surface area contributed by atoms with E-state index in [1.807, 2.05) is 0 Å². The molecule has 216 valence electrons. The van der Waals surface area contributed by atoms with Gasteiger partial charge in [-0.25, -0.2) is 0 Å². The van der Waals surface area contributed by atoms with Crippen molar-refractivity contribution < 1.29 is 0 Å². The summed E-state index contributed by atoms with van der Waals surface area (Å²) < 4.78 is 0. The molecule has 2 aliphatic carbocycles. The highest BCUT2D eigenvalue weighted by atomic mass is 14.4. The van der Waals surface area contributed by atoms with Crippen LogP contribution >= 0.6 is 0 Å². The quantitative estimate of drug-likeness (QED) is 0.164. The van der Waals surface area contributed by atoms with Gasteiger partial charge < -0.3 is 0 Å². The van der Waals surface area contributed by atoms with E-state index in [2.05, 4.69) is 148 Å². The fourth-order valence-corrected chi connectivity index (χ4v) is 6.03. The first-order valence-electron chi connectivity index (χ1n) is 15.4. The average Bonchev–Trinajstić information content (AvgIpc) is 2.85. The predicted molar refractivity (Wildman–Crippen MR) is 180 cm³/mol. The van der Waals surface area contributed by atoms with Gasteiger partial charge in [0.2, 0.25) is 0 Å². The van der Waals surface area contributed by atoms with Gasteiger partial charge >= 0.3 is 0 Å². The molecule has 0 aliphatic heterocycles. The molecule has 0 aromatic heterocycles. The van der Waals surface area contributed by atoms with Crippen molar-refractivity contribution in [3.63, 3.8) is 0 Å². The van der Waals surface area contributed by atoms with Crippen LogP contribution in [0.25, 0.3) is 0 Å². The van der Waals surface area contributed by atoms with Gasteiger partial charge in [0.15, 0.2) is 0 Å². The summed E-state index contributed by atoms with van der Waals surface area (Å²) in [6, 6.07) is 0. The van der Waals surface area contributed by atoms with Crippen LogP contribution in [-0.4, -0.2) is 0 Å². The highest BCUT2D eigenvalue weighted by Crippen LogP contribution is 2.43. The minimum atomic E-state index is 0.289. The molecule has 2 rings (SSSR count). The van der Waals surface area contributed by atoms with E-state index in [9.17, 15) is 0 Å². The van der Waals surface area contributed by atoms with Crippen LogP contribution < -0.4 is 0 Å². The second kappa shape index (κ2) is 15.9. The summed E-state index contributed by atoms with van der Waals surface area (Å²) in [4.78, 5) is 0. The van der Waals surface area contributed by atoms with Crippen LogP contribution in [0.15, 0.2) is 106 Å². The molecule has 2 aliphatic rings. The first kappa shape index (κ1) is 33.4. The topological polar surface area (TPSA) is 0 Å². The summed E-state index contributed by atoms with van der Waals surface area (Å²) in [6.07, 6.45) is 32.8. The van der Waals surface area contributed by atoms with Crippen LogP contribution in [0.2, 0.25) is 0 Å². The minimum Gasteiger partial charge on any atom is -0.0804 e. The van der Waals surface area contributed by atoms with Crippen molar-refractivity contribution in [1.82, 2.24) is 0 Å². The number of hydrogen-bond donors (Lipinski definition) is 0. The highest BCUT2D eigenvalue weighted by Gasteiger charge is 2.30. The molecule has 0 aromatic carbocycles. The zero-order valence-electron chi connectivity index (χ0n) is 27.4. The maximum atomic E-state index is 3.27. The van der Waals surface area contributed by atoms with Crippen molar-refractivity contribution in [1.29, 1.82) is 0 Å². The van der Waals surface area contributed by atoms with E-state index < -0.39 is 0 Å². The van der Waals surface area contributed by atoms with E-state index in [4.69, 9.17) is 0 Å². The lowest BCUT2D eigenvalue weighted by Crippen LogP contribution is -2.24. The lowest BCUT2D eigenvalue weighted by atomic mass is 9.68. The molecule has 0 nitrogen and oxygen atoms in total. The largest absolute Gasteiger partial charge is 0.0804 e. The fraction of sp³-hybridized carbons (Fsp3) is 0.500. The Morgan fingerprint density at radius 2 is 1.50 bits per heavy atom. The van der Waals surface area contributed by atoms with Crippen molar-refractivity contribution >= 4 is 0 Å². The first-order valence-corrected chi connectivity index (χ1v) is 15.4. The Labute approximate surface area is 248 Å². The van der Waals surface area contributed by atoms with E-state index in [0.717, 1.165) is 12.0 Å². The molecule has 0 aromatic rings. The third-order valence-corrected chi connectivity index (χ3v) is 8.57. The zero-order chi connectivity index (χ0) is 29.8. The molecular weight excluding hydrogens is 480 g/mol. The van der Waals surface area contributed by atoms with E-state index >= 15 is 0 Å². The minimum absolute atomic E-state index is 0.289. The highest BCUT2D eigenvalue weighted by molar-refractivity contribution is 5.38. The van der Waals surface area contributed by atoms with Gasteiger partial charge in [-0.1, -0.05) is 142 Å². The SMILES string of the molecule is CC1=C(C=C/C(C)=C/C=C/C(C)=C/C=C/C=C(\C)C#C/C=C(\C)C/C=C2\C(C)CCCC2(C)C)C(C)(C)CCC1. The Kier molecular flexibility index (Phi) is 13.3. The van der Waals surface area contributed by atoms with E-state index in [1.54, 1.807) is 11.1 Å². The van der Waals surface area contributed by atoms with Gasteiger partial charge in [0.05, 0.1) is 0 Å². The molecule has 1 saturated carbocycles. The van der Waals surface area contributed by atoms with E-state index in [1.165, 1.54) is 60.8 Å². The predicted octanol–water partition coefficient (Wildman–Crippen LogP) is 12.1. The Morgan fingerprint density at radius 1 is 0.850 bits per heavy atom. The second-order valence-electron chi connectivity index (χ2n) is 13.5. The van der Waals surface area contributed by atoms with Crippen molar-refractivity contribution in [2.75, 3.05) is 0 Å².